The van der Waals surface area contributed by atoms with E-state index in [-0.39, 0.29) is 12.5 Å². The minimum absolute atomic E-state index is 0.0763. The van der Waals surface area contributed by atoms with Crippen molar-refractivity contribution >= 4 is 12.0 Å². The highest BCUT2D eigenvalue weighted by molar-refractivity contribution is 5.83. The molecule has 2 N–H and O–H groups in total. The van der Waals surface area contributed by atoms with Crippen LogP contribution in [0.3, 0.4) is 0 Å². The molecule has 1 fully saturated rings. The molecular formula is C11H21N3O3. The molecule has 0 saturated carbocycles. The molecule has 1 rings (SSSR count). The molecule has 1 saturated heterocycles. The fourth-order valence-corrected chi connectivity index (χ4v) is 1.58. The van der Waals surface area contributed by atoms with E-state index in [0.717, 1.165) is 0 Å². The molecule has 0 atom stereocenters. The number of piperazine rings is 1. The molecule has 17 heavy (non-hydrogen) atoms. The zero-order valence-corrected chi connectivity index (χ0v) is 10.7. The third kappa shape index (κ3) is 4.22. The lowest BCUT2D eigenvalue weighted by molar-refractivity contribution is -0.135. The largest absolute Gasteiger partial charge is 0.444 e. The average molecular weight is 243 g/mol. The highest BCUT2D eigenvalue weighted by Gasteiger charge is 2.29. The number of rotatable bonds is 2. The number of amides is 2. The van der Waals surface area contributed by atoms with Crippen molar-refractivity contribution in [3.8, 4) is 0 Å². The van der Waals surface area contributed by atoms with Gasteiger partial charge in [0.05, 0.1) is 0 Å². The summed E-state index contributed by atoms with van der Waals surface area (Å²) in [7, 11) is 0. The molecule has 0 spiro atoms. The van der Waals surface area contributed by atoms with Gasteiger partial charge in [0.15, 0.2) is 0 Å². The number of nitrogens with two attached hydrogens (primary N) is 1. The van der Waals surface area contributed by atoms with Crippen molar-refractivity contribution in [2.75, 3.05) is 32.7 Å². The van der Waals surface area contributed by atoms with Crippen LogP contribution in [0.4, 0.5) is 4.79 Å². The van der Waals surface area contributed by atoms with Crippen molar-refractivity contribution in [2.45, 2.75) is 26.4 Å². The Bertz CT molecular complexity index is 299. The number of hydrogen-bond acceptors (Lipinski definition) is 4. The van der Waals surface area contributed by atoms with Crippen LogP contribution < -0.4 is 5.73 Å². The van der Waals surface area contributed by atoms with Crippen LogP contribution in [0.15, 0.2) is 0 Å². The Kier molecular flexibility index (Phi) is 4.34. The van der Waals surface area contributed by atoms with Gasteiger partial charge in [-0.05, 0) is 20.8 Å². The highest BCUT2D eigenvalue weighted by atomic mass is 16.6. The maximum Gasteiger partial charge on any atom is 0.410 e. The Morgan fingerprint density at radius 2 is 2.06 bits per heavy atom. The van der Waals surface area contributed by atoms with Gasteiger partial charge in [0.25, 0.3) is 0 Å². The van der Waals surface area contributed by atoms with Gasteiger partial charge < -0.3 is 15.4 Å². The highest BCUT2D eigenvalue weighted by Crippen LogP contribution is 2.12. The van der Waals surface area contributed by atoms with Crippen molar-refractivity contribution in [2.24, 2.45) is 5.73 Å². The minimum Gasteiger partial charge on any atom is -0.444 e. The van der Waals surface area contributed by atoms with Gasteiger partial charge in [-0.2, -0.15) is 0 Å². The molecule has 0 bridgehead atoms. The first kappa shape index (κ1) is 13.8. The standard InChI is InChI=1S/C11H21N3O3/c1-11(2,3)17-10(16)14-7-6-13(5-4-12)9(15)8-14/h4-8,12H2,1-3H3. The third-order valence-electron chi connectivity index (χ3n) is 2.37. The maximum atomic E-state index is 11.7. The molecule has 1 aliphatic heterocycles. The van der Waals surface area contributed by atoms with Crippen molar-refractivity contribution in [1.82, 2.24) is 9.80 Å². The lowest BCUT2D eigenvalue weighted by Crippen LogP contribution is -2.54. The Hall–Kier alpha value is -1.30. The van der Waals surface area contributed by atoms with E-state index in [0.29, 0.717) is 26.2 Å². The molecule has 0 aromatic carbocycles. The van der Waals surface area contributed by atoms with E-state index in [2.05, 4.69) is 0 Å². The van der Waals surface area contributed by atoms with E-state index in [4.69, 9.17) is 10.5 Å². The number of nitrogens with zero attached hydrogens (tertiary/aromatic N) is 2. The van der Waals surface area contributed by atoms with Crippen LogP contribution in [0.25, 0.3) is 0 Å². The van der Waals surface area contributed by atoms with Gasteiger partial charge in [-0.3, -0.25) is 9.69 Å². The van der Waals surface area contributed by atoms with Crippen LogP contribution in [0.2, 0.25) is 0 Å². The molecule has 0 radical (unpaired) electrons. The first-order valence-corrected chi connectivity index (χ1v) is 5.79. The van der Waals surface area contributed by atoms with Crippen molar-refractivity contribution < 1.29 is 14.3 Å². The summed E-state index contributed by atoms with van der Waals surface area (Å²) in [4.78, 5) is 26.5. The predicted octanol–water partition coefficient (Wildman–Crippen LogP) is 0.0244. The molecule has 0 aromatic rings. The van der Waals surface area contributed by atoms with E-state index in [1.54, 1.807) is 25.7 Å². The van der Waals surface area contributed by atoms with Crippen LogP contribution in [0.5, 0.6) is 0 Å². The fraction of sp³-hybridized carbons (Fsp3) is 0.818. The van der Waals surface area contributed by atoms with E-state index in [9.17, 15) is 9.59 Å². The summed E-state index contributed by atoms with van der Waals surface area (Å²) < 4.78 is 5.21. The summed E-state index contributed by atoms with van der Waals surface area (Å²) in [5.41, 5.74) is 4.87. The molecule has 0 aliphatic carbocycles. The quantitative estimate of drug-likeness (QED) is 0.742. The summed E-state index contributed by atoms with van der Waals surface area (Å²) in [5.74, 6) is -0.0763. The molecule has 1 heterocycles. The second kappa shape index (κ2) is 5.35. The Morgan fingerprint density at radius 1 is 1.41 bits per heavy atom. The summed E-state index contributed by atoms with van der Waals surface area (Å²) in [6.45, 7) is 7.50. The smallest absolute Gasteiger partial charge is 0.410 e. The Morgan fingerprint density at radius 3 is 2.53 bits per heavy atom. The van der Waals surface area contributed by atoms with Crippen LogP contribution in [-0.4, -0.2) is 60.1 Å². The third-order valence-corrected chi connectivity index (χ3v) is 2.37. The first-order valence-electron chi connectivity index (χ1n) is 5.79. The SMILES string of the molecule is CC(C)(C)OC(=O)N1CCN(CCN)C(=O)C1. The lowest BCUT2D eigenvalue weighted by Gasteiger charge is -2.35. The van der Waals surface area contributed by atoms with E-state index in [1.807, 2.05) is 0 Å². The Labute approximate surface area is 102 Å². The van der Waals surface area contributed by atoms with Gasteiger partial charge in [-0.1, -0.05) is 0 Å². The monoisotopic (exact) mass is 243 g/mol. The van der Waals surface area contributed by atoms with Gasteiger partial charge in [-0.25, -0.2) is 4.79 Å². The van der Waals surface area contributed by atoms with Gasteiger partial charge >= 0.3 is 6.09 Å². The maximum absolute atomic E-state index is 11.7. The van der Waals surface area contributed by atoms with E-state index in [1.165, 1.54) is 4.90 Å². The van der Waals surface area contributed by atoms with Crippen LogP contribution >= 0.6 is 0 Å². The normalized spacial score (nSPS) is 17.3. The molecule has 0 aromatic heterocycles. The zero-order chi connectivity index (χ0) is 13.1. The van der Waals surface area contributed by atoms with Crippen LogP contribution in [0, 0.1) is 0 Å². The second-order valence-corrected chi connectivity index (χ2v) is 5.07. The molecule has 1 aliphatic rings. The molecule has 6 nitrogen and oxygen atoms in total. The fourth-order valence-electron chi connectivity index (χ4n) is 1.58. The zero-order valence-electron chi connectivity index (χ0n) is 10.7. The second-order valence-electron chi connectivity index (χ2n) is 5.07. The van der Waals surface area contributed by atoms with E-state index < -0.39 is 11.7 Å². The Balaban J connectivity index is 2.49. The predicted molar refractivity (Wildman–Crippen MR) is 63.4 cm³/mol. The summed E-state index contributed by atoms with van der Waals surface area (Å²) in [6.07, 6.45) is -0.432. The van der Waals surface area contributed by atoms with Gasteiger partial charge in [0.2, 0.25) is 5.91 Å². The summed E-state index contributed by atoms with van der Waals surface area (Å²) in [6, 6.07) is 0. The molecule has 6 heteroatoms. The minimum atomic E-state index is -0.533. The van der Waals surface area contributed by atoms with Gasteiger partial charge in [0.1, 0.15) is 12.1 Å². The van der Waals surface area contributed by atoms with Crippen molar-refractivity contribution in [3.63, 3.8) is 0 Å². The van der Waals surface area contributed by atoms with Crippen LogP contribution in [-0.2, 0) is 9.53 Å². The summed E-state index contributed by atoms with van der Waals surface area (Å²) >= 11 is 0. The summed E-state index contributed by atoms with van der Waals surface area (Å²) in [5, 5.41) is 0. The van der Waals surface area contributed by atoms with Crippen molar-refractivity contribution in [1.29, 1.82) is 0 Å². The number of carbonyl (C=O) groups excluding carboxylic acids is 2. The van der Waals surface area contributed by atoms with Crippen LogP contribution in [0.1, 0.15) is 20.8 Å². The first-order chi connectivity index (χ1) is 7.83. The van der Waals surface area contributed by atoms with E-state index >= 15 is 0 Å². The molecule has 98 valence electrons. The number of hydrogen-bond donors (Lipinski definition) is 1. The molecular weight excluding hydrogens is 222 g/mol. The molecule has 0 unspecified atom stereocenters. The van der Waals surface area contributed by atoms with Crippen molar-refractivity contribution in [3.05, 3.63) is 0 Å². The lowest BCUT2D eigenvalue weighted by atomic mass is 10.2. The van der Waals surface area contributed by atoms with Gasteiger partial charge in [-0.15, -0.1) is 0 Å². The number of ether oxygens (including phenoxy) is 1. The topological polar surface area (TPSA) is 75.9 Å². The molecule has 2 amide bonds. The van der Waals surface area contributed by atoms with Gasteiger partial charge in [0, 0.05) is 26.2 Å². The average Bonchev–Trinajstić information content (AvgIpc) is 2.18. The number of carbonyl (C=O) groups is 2.